The highest BCUT2D eigenvalue weighted by Gasteiger charge is 2.07. The molecule has 0 bridgehead atoms. The quantitative estimate of drug-likeness (QED) is 0.770. The largest absolute Gasteiger partial charge is 0.387 e. The Bertz CT molecular complexity index is 291. The summed E-state index contributed by atoms with van der Waals surface area (Å²) in [7, 11) is 0. The number of aliphatic hydroxyl groups is 1. The molecule has 0 spiro atoms. The van der Waals surface area contributed by atoms with Crippen LogP contribution in [0.3, 0.4) is 0 Å². The molecule has 0 aromatic carbocycles. The maximum atomic E-state index is 11.7. The van der Waals surface area contributed by atoms with E-state index >= 15 is 0 Å². The maximum Gasteiger partial charge on any atom is 0.261 e. The third-order valence-corrected chi connectivity index (χ3v) is 2.63. The number of aromatic nitrogens is 1. The SMILES string of the molecule is CC(O)c1csc(CCOCC(F)F)n1. The van der Waals surface area contributed by atoms with Gasteiger partial charge in [0.25, 0.3) is 6.43 Å². The molecule has 1 rings (SSSR count). The number of nitrogens with zero attached hydrogens (tertiary/aromatic N) is 1. The van der Waals surface area contributed by atoms with E-state index in [0.29, 0.717) is 12.1 Å². The first kappa shape index (κ1) is 12.5. The molecule has 15 heavy (non-hydrogen) atoms. The average Bonchev–Trinajstić information content (AvgIpc) is 2.60. The molecule has 0 fully saturated rings. The third-order valence-electron chi connectivity index (χ3n) is 1.70. The van der Waals surface area contributed by atoms with Gasteiger partial charge in [0.2, 0.25) is 0 Å². The van der Waals surface area contributed by atoms with Gasteiger partial charge in [-0.15, -0.1) is 11.3 Å². The molecule has 0 aliphatic rings. The third kappa shape index (κ3) is 4.63. The zero-order chi connectivity index (χ0) is 11.3. The van der Waals surface area contributed by atoms with Gasteiger partial charge in [0.15, 0.2) is 0 Å². The Morgan fingerprint density at radius 3 is 2.87 bits per heavy atom. The van der Waals surface area contributed by atoms with Crippen LogP contribution in [0.15, 0.2) is 5.38 Å². The van der Waals surface area contributed by atoms with E-state index in [2.05, 4.69) is 4.98 Å². The Morgan fingerprint density at radius 1 is 1.60 bits per heavy atom. The zero-order valence-electron chi connectivity index (χ0n) is 8.32. The number of thiazole rings is 1. The molecule has 0 aliphatic heterocycles. The number of aliphatic hydroxyl groups excluding tert-OH is 1. The van der Waals surface area contributed by atoms with Crippen LogP contribution in [0.5, 0.6) is 0 Å². The van der Waals surface area contributed by atoms with Gasteiger partial charge in [-0.1, -0.05) is 0 Å². The highest BCUT2D eigenvalue weighted by Crippen LogP contribution is 2.16. The molecular weight excluding hydrogens is 224 g/mol. The number of rotatable bonds is 6. The molecule has 0 saturated heterocycles. The number of hydrogen-bond acceptors (Lipinski definition) is 4. The Labute approximate surface area is 90.7 Å². The monoisotopic (exact) mass is 237 g/mol. The minimum atomic E-state index is -2.42. The van der Waals surface area contributed by atoms with Crippen LogP contribution in [0.2, 0.25) is 0 Å². The summed E-state index contributed by atoms with van der Waals surface area (Å²) in [5.74, 6) is 0. The summed E-state index contributed by atoms with van der Waals surface area (Å²) in [6, 6.07) is 0. The molecule has 86 valence electrons. The van der Waals surface area contributed by atoms with E-state index in [4.69, 9.17) is 4.74 Å². The van der Waals surface area contributed by atoms with Crippen LogP contribution in [0, 0.1) is 0 Å². The Balaban J connectivity index is 2.26. The topological polar surface area (TPSA) is 42.4 Å². The summed E-state index contributed by atoms with van der Waals surface area (Å²) in [5, 5.41) is 11.7. The van der Waals surface area contributed by atoms with Crippen LogP contribution in [0.4, 0.5) is 8.78 Å². The Hall–Kier alpha value is -0.590. The van der Waals surface area contributed by atoms with Gasteiger partial charge in [0.1, 0.15) is 6.61 Å². The van der Waals surface area contributed by atoms with Crippen LogP contribution < -0.4 is 0 Å². The Morgan fingerprint density at radius 2 is 2.33 bits per heavy atom. The summed E-state index contributed by atoms with van der Waals surface area (Å²) < 4.78 is 28.1. The van der Waals surface area contributed by atoms with Crippen molar-refractivity contribution in [1.82, 2.24) is 4.98 Å². The molecule has 1 unspecified atom stereocenters. The predicted octanol–water partition coefficient (Wildman–Crippen LogP) is 2.02. The van der Waals surface area contributed by atoms with E-state index in [9.17, 15) is 13.9 Å². The summed E-state index contributed by atoms with van der Waals surface area (Å²) in [4.78, 5) is 4.13. The highest BCUT2D eigenvalue weighted by molar-refractivity contribution is 7.09. The predicted molar refractivity (Wildman–Crippen MR) is 53.3 cm³/mol. The minimum Gasteiger partial charge on any atom is -0.387 e. The lowest BCUT2D eigenvalue weighted by atomic mass is 10.3. The van der Waals surface area contributed by atoms with E-state index in [1.54, 1.807) is 12.3 Å². The maximum absolute atomic E-state index is 11.7. The molecule has 3 nitrogen and oxygen atoms in total. The van der Waals surface area contributed by atoms with Crippen molar-refractivity contribution in [3.05, 3.63) is 16.1 Å². The number of hydrogen-bond donors (Lipinski definition) is 1. The van der Waals surface area contributed by atoms with Crippen molar-refractivity contribution in [1.29, 1.82) is 0 Å². The molecule has 1 atom stereocenters. The molecular formula is C9H13F2NO2S. The summed E-state index contributed by atoms with van der Waals surface area (Å²) in [6.07, 6.45) is -2.50. The number of ether oxygens (including phenoxy) is 1. The minimum absolute atomic E-state index is 0.233. The smallest absolute Gasteiger partial charge is 0.261 e. The van der Waals surface area contributed by atoms with Crippen molar-refractivity contribution in [2.24, 2.45) is 0 Å². The van der Waals surface area contributed by atoms with Crippen LogP contribution in [0.25, 0.3) is 0 Å². The second-order valence-corrected chi connectivity index (χ2v) is 4.00. The van der Waals surface area contributed by atoms with Gasteiger partial charge in [-0.25, -0.2) is 13.8 Å². The normalized spacial score (nSPS) is 13.4. The van der Waals surface area contributed by atoms with Crippen molar-refractivity contribution in [2.45, 2.75) is 25.9 Å². The molecule has 1 aromatic heterocycles. The van der Waals surface area contributed by atoms with Gasteiger partial charge < -0.3 is 9.84 Å². The lowest BCUT2D eigenvalue weighted by Gasteiger charge is -2.01. The fourth-order valence-electron chi connectivity index (χ4n) is 0.964. The van der Waals surface area contributed by atoms with Crippen molar-refractivity contribution in [3.8, 4) is 0 Å². The first-order valence-corrected chi connectivity index (χ1v) is 5.46. The fourth-order valence-corrected chi connectivity index (χ4v) is 1.83. The molecule has 6 heteroatoms. The van der Waals surface area contributed by atoms with Crippen LogP contribution in [-0.4, -0.2) is 29.7 Å². The van der Waals surface area contributed by atoms with Crippen LogP contribution >= 0.6 is 11.3 Å². The zero-order valence-corrected chi connectivity index (χ0v) is 9.14. The number of alkyl halides is 2. The van der Waals surface area contributed by atoms with E-state index in [1.807, 2.05) is 0 Å². The van der Waals surface area contributed by atoms with E-state index < -0.39 is 19.1 Å². The standard InChI is InChI=1S/C9H13F2NO2S/c1-6(13)7-5-15-9(12-7)2-3-14-4-8(10)11/h5-6,8,13H,2-4H2,1H3. The van der Waals surface area contributed by atoms with Crippen molar-refractivity contribution in [3.63, 3.8) is 0 Å². The highest BCUT2D eigenvalue weighted by atomic mass is 32.1. The molecule has 1 aromatic rings. The molecule has 0 saturated carbocycles. The summed E-state index contributed by atoms with van der Waals surface area (Å²) in [5.41, 5.74) is 0.615. The second kappa shape index (κ2) is 6.09. The van der Waals surface area contributed by atoms with Crippen molar-refractivity contribution in [2.75, 3.05) is 13.2 Å². The molecule has 0 radical (unpaired) electrons. The summed E-state index contributed by atoms with van der Waals surface area (Å²) >= 11 is 1.40. The van der Waals surface area contributed by atoms with Crippen molar-refractivity contribution < 1.29 is 18.6 Å². The second-order valence-electron chi connectivity index (χ2n) is 3.06. The molecule has 1 N–H and O–H groups in total. The van der Waals surface area contributed by atoms with Gasteiger partial charge >= 0.3 is 0 Å². The van der Waals surface area contributed by atoms with Crippen LogP contribution in [0.1, 0.15) is 23.7 Å². The first-order valence-electron chi connectivity index (χ1n) is 4.58. The molecule has 0 aliphatic carbocycles. The Kier molecular flexibility index (Phi) is 5.07. The lowest BCUT2D eigenvalue weighted by molar-refractivity contribution is 0.0187. The van der Waals surface area contributed by atoms with Crippen molar-refractivity contribution >= 4 is 11.3 Å². The van der Waals surface area contributed by atoms with E-state index in [1.165, 1.54) is 11.3 Å². The van der Waals surface area contributed by atoms with Gasteiger partial charge in [0, 0.05) is 11.8 Å². The molecule has 1 heterocycles. The summed E-state index contributed by atoms with van der Waals surface area (Å²) in [6.45, 7) is 1.33. The van der Waals surface area contributed by atoms with Gasteiger partial charge in [0.05, 0.1) is 23.4 Å². The van der Waals surface area contributed by atoms with Crippen LogP contribution in [-0.2, 0) is 11.2 Å². The lowest BCUT2D eigenvalue weighted by Crippen LogP contribution is -2.07. The van der Waals surface area contributed by atoms with E-state index in [-0.39, 0.29) is 6.61 Å². The fraction of sp³-hybridized carbons (Fsp3) is 0.667. The van der Waals surface area contributed by atoms with E-state index in [0.717, 1.165) is 5.01 Å². The van der Waals surface area contributed by atoms with Gasteiger partial charge in [-0.3, -0.25) is 0 Å². The average molecular weight is 237 g/mol. The molecule has 0 amide bonds. The van der Waals surface area contributed by atoms with Gasteiger partial charge in [-0.05, 0) is 6.92 Å². The number of halogens is 2. The first-order chi connectivity index (χ1) is 7.09. The van der Waals surface area contributed by atoms with Gasteiger partial charge in [-0.2, -0.15) is 0 Å².